The molecule has 5 rings (SSSR count). The molecule has 1 aromatic heterocycles. The topological polar surface area (TPSA) is 86.7 Å². The van der Waals surface area contributed by atoms with E-state index < -0.39 is 47.1 Å². The van der Waals surface area contributed by atoms with Gasteiger partial charge >= 0.3 is 6.03 Å². The Labute approximate surface area is 205 Å². The number of halogens is 2. The molecular weight excluding hydrogens is 468 g/mol. The highest BCUT2D eigenvalue weighted by molar-refractivity contribution is 6.20. The third-order valence-corrected chi connectivity index (χ3v) is 6.26. The van der Waals surface area contributed by atoms with Crippen molar-refractivity contribution in [3.8, 4) is 11.8 Å². The fourth-order valence-electron chi connectivity index (χ4n) is 4.46. The molecule has 2 aliphatic heterocycles. The van der Waals surface area contributed by atoms with Gasteiger partial charge in [0.1, 0.15) is 11.2 Å². The third-order valence-electron chi connectivity index (χ3n) is 6.26. The summed E-state index contributed by atoms with van der Waals surface area (Å²) < 4.78 is 30.2. The van der Waals surface area contributed by atoms with Gasteiger partial charge in [0.05, 0.1) is 24.5 Å². The number of carbonyl (C=O) groups is 3. The Hall–Kier alpha value is -4.65. The summed E-state index contributed by atoms with van der Waals surface area (Å²) >= 11 is 0. The van der Waals surface area contributed by atoms with Crippen molar-refractivity contribution in [1.29, 1.82) is 0 Å². The van der Waals surface area contributed by atoms with E-state index in [-0.39, 0.29) is 18.7 Å². The Morgan fingerprint density at radius 2 is 1.61 bits per heavy atom. The zero-order valence-electron chi connectivity index (χ0n) is 19.1. The van der Waals surface area contributed by atoms with E-state index in [4.69, 9.17) is 0 Å². The summed E-state index contributed by atoms with van der Waals surface area (Å²) in [6.07, 6.45) is 2.39. The van der Waals surface area contributed by atoms with Gasteiger partial charge in [0, 0.05) is 24.2 Å². The van der Waals surface area contributed by atoms with Gasteiger partial charge in [-0.15, -0.1) is 0 Å². The standard InChI is InChI=1S/C26H19F2N5O3/c1-26-15-22(34)33(25(36)32(26)12-11-31(24(26)35)19-9-10-29-30-16-19)23-20(27)13-18(14-21(23)28)8-7-17-5-3-2-4-6-17/h2-6,9-10,13-14,16H,11-12,15H2,1H3/t26-/m0/s1. The first-order valence-corrected chi connectivity index (χ1v) is 11.1. The number of urea groups is 1. The highest BCUT2D eigenvalue weighted by Gasteiger charge is 2.56. The third kappa shape index (κ3) is 3.84. The van der Waals surface area contributed by atoms with E-state index in [1.165, 1.54) is 29.1 Å². The predicted octanol–water partition coefficient (Wildman–Crippen LogP) is 3.12. The van der Waals surface area contributed by atoms with E-state index in [9.17, 15) is 14.4 Å². The van der Waals surface area contributed by atoms with Crippen LogP contribution in [0.2, 0.25) is 0 Å². The highest BCUT2D eigenvalue weighted by Crippen LogP contribution is 2.37. The van der Waals surface area contributed by atoms with Gasteiger partial charge in [0.15, 0.2) is 11.6 Å². The summed E-state index contributed by atoms with van der Waals surface area (Å²) in [5.41, 5.74) is -1.11. The van der Waals surface area contributed by atoms with Crippen LogP contribution in [-0.4, -0.2) is 51.6 Å². The molecule has 1 atom stereocenters. The van der Waals surface area contributed by atoms with E-state index in [2.05, 4.69) is 22.0 Å². The van der Waals surface area contributed by atoms with Crippen molar-refractivity contribution in [2.75, 3.05) is 22.9 Å². The molecule has 0 radical (unpaired) electrons. The van der Waals surface area contributed by atoms with E-state index in [0.717, 1.165) is 12.1 Å². The van der Waals surface area contributed by atoms with Crippen LogP contribution in [0.15, 0.2) is 60.9 Å². The molecule has 2 aromatic carbocycles. The smallest absolute Gasteiger partial charge is 0.307 e. The van der Waals surface area contributed by atoms with E-state index >= 15 is 8.78 Å². The lowest BCUT2D eigenvalue weighted by molar-refractivity contribution is -0.137. The predicted molar refractivity (Wildman–Crippen MR) is 126 cm³/mol. The van der Waals surface area contributed by atoms with Crippen LogP contribution < -0.4 is 9.80 Å². The summed E-state index contributed by atoms with van der Waals surface area (Å²) in [4.78, 5) is 42.8. The average molecular weight is 487 g/mol. The van der Waals surface area contributed by atoms with Gasteiger partial charge in [0.2, 0.25) is 5.91 Å². The molecule has 0 aliphatic carbocycles. The summed E-state index contributed by atoms with van der Waals surface area (Å²) in [7, 11) is 0. The van der Waals surface area contributed by atoms with Gasteiger partial charge in [-0.25, -0.2) is 18.5 Å². The second-order valence-corrected chi connectivity index (χ2v) is 8.58. The summed E-state index contributed by atoms with van der Waals surface area (Å²) in [6, 6.07) is 11.5. The monoisotopic (exact) mass is 487 g/mol. The van der Waals surface area contributed by atoms with Crippen molar-refractivity contribution in [3.63, 3.8) is 0 Å². The Kier molecular flexibility index (Phi) is 5.68. The van der Waals surface area contributed by atoms with Crippen molar-refractivity contribution in [1.82, 2.24) is 15.1 Å². The molecule has 0 bridgehead atoms. The number of carbonyl (C=O) groups excluding carboxylic acids is 3. The SMILES string of the molecule is C[C@@]12CC(=O)N(c3c(F)cc(C#Cc4ccccc4)cc3F)C(=O)N1CCN(c1ccnnc1)C2=O. The molecule has 10 heteroatoms. The number of anilines is 2. The van der Waals surface area contributed by atoms with Crippen molar-refractivity contribution >= 4 is 29.2 Å². The molecule has 0 saturated carbocycles. The first kappa shape index (κ1) is 23.1. The van der Waals surface area contributed by atoms with Crippen molar-refractivity contribution in [2.45, 2.75) is 18.9 Å². The van der Waals surface area contributed by atoms with Crippen LogP contribution in [0, 0.1) is 23.5 Å². The largest absolute Gasteiger partial charge is 0.332 e. The van der Waals surface area contributed by atoms with Crippen LogP contribution in [0.3, 0.4) is 0 Å². The van der Waals surface area contributed by atoms with Crippen molar-refractivity contribution in [2.24, 2.45) is 0 Å². The maximum atomic E-state index is 15.1. The van der Waals surface area contributed by atoms with Crippen LogP contribution >= 0.6 is 0 Å². The molecule has 36 heavy (non-hydrogen) atoms. The van der Waals surface area contributed by atoms with Crippen LogP contribution in [0.4, 0.5) is 25.0 Å². The first-order chi connectivity index (χ1) is 17.3. The number of benzene rings is 2. The normalized spacial score (nSPS) is 19.6. The van der Waals surface area contributed by atoms with Gasteiger partial charge in [-0.2, -0.15) is 10.2 Å². The molecule has 3 heterocycles. The molecule has 0 N–H and O–H groups in total. The molecule has 8 nitrogen and oxygen atoms in total. The minimum Gasteiger partial charge on any atom is -0.307 e. The van der Waals surface area contributed by atoms with Crippen LogP contribution in [0.5, 0.6) is 0 Å². The number of aromatic nitrogens is 2. The highest BCUT2D eigenvalue weighted by atomic mass is 19.1. The number of amides is 4. The number of hydrogen-bond donors (Lipinski definition) is 0. The van der Waals surface area contributed by atoms with E-state index in [1.54, 1.807) is 30.3 Å². The molecule has 4 amide bonds. The number of piperazine rings is 1. The maximum absolute atomic E-state index is 15.1. The molecule has 0 spiro atoms. The number of nitrogens with zero attached hydrogens (tertiary/aromatic N) is 5. The summed E-state index contributed by atoms with van der Waals surface area (Å²) in [6.45, 7) is 1.64. The Morgan fingerprint density at radius 1 is 0.917 bits per heavy atom. The van der Waals surface area contributed by atoms with Gasteiger partial charge in [0.25, 0.3) is 5.91 Å². The van der Waals surface area contributed by atoms with E-state index in [0.29, 0.717) is 16.2 Å². The Morgan fingerprint density at radius 3 is 2.28 bits per heavy atom. The van der Waals surface area contributed by atoms with Crippen LogP contribution in [-0.2, 0) is 9.59 Å². The minimum absolute atomic E-state index is 0.0501. The number of fused-ring (bicyclic) bond motifs is 1. The van der Waals surface area contributed by atoms with Gasteiger partial charge < -0.3 is 9.80 Å². The zero-order chi connectivity index (χ0) is 25.4. The lowest BCUT2D eigenvalue weighted by Crippen LogP contribution is -2.73. The lowest BCUT2D eigenvalue weighted by Gasteiger charge is -2.51. The fourth-order valence-corrected chi connectivity index (χ4v) is 4.46. The summed E-state index contributed by atoms with van der Waals surface area (Å²) in [5, 5.41) is 7.46. The first-order valence-electron chi connectivity index (χ1n) is 11.1. The fraction of sp³-hybridized carbons (Fsp3) is 0.192. The van der Waals surface area contributed by atoms with E-state index in [1.807, 2.05) is 6.07 Å². The molecule has 2 aliphatic rings. The number of rotatable bonds is 2. The van der Waals surface area contributed by atoms with Crippen molar-refractivity contribution < 1.29 is 23.2 Å². The van der Waals surface area contributed by atoms with Crippen LogP contribution in [0.25, 0.3) is 0 Å². The minimum atomic E-state index is -1.51. The maximum Gasteiger partial charge on any atom is 0.332 e. The summed E-state index contributed by atoms with van der Waals surface area (Å²) in [5.74, 6) is 1.90. The molecule has 2 saturated heterocycles. The quantitative estimate of drug-likeness (QED) is 0.519. The second kappa shape index (κ2) is 8.85. The molecule has 180 valence electrons. The Balaban J connectivity index is 1.45. The molecule has 2 fully saturated rings. The number of imide groups is 1. The zero-order valence-corrected chi connectivity index (χ0v) is 19.1. The Bertz CT molecular complexity index is 1420. The van der Waals surface area contributed by atoms with Gasteiger partial charge in [-0.3, -0.25) is 9.59 Å². The average Bonchev–Trinajstić information content (AvgIpc) is 2.86. The molecule has 0 unspecified atom stereocenters. The molecular formula is C26H19F2N5O3. The lowest BCUT2D eigenvalue weighted by atomic mass is 9.88. The molecule has 3 aromatic rings. The second-order valence-electron chi connectivity index (χ2n) is 8.58. The van der Waals surface area contributed by atoms with Gasteiger partial charge in [-0.1, -0.05) is 30.0 Å². The van der Waals surface area contributed by atoms with Crippen LogP contribution in [0.1, 0.15) is 24.5 Å². The van der Waals surface area contributed by atoms with Gasteiger partial charge in [-0.05, 0) is 37.3 Å². The van der Waals surface area contributed by atoms with Crippen molar-refractivity contribution in [3.05, 3.63) is 83.7 Å². The number of hydrogen-bond acceptors (Lipinski definition) is 5.